The van der Waals surface area contributed by atoms with E-state index in [2.05, 4.69) is 0 Å². The SMILES string of the molecule is COc1ccc(C2Oc3cc(O)c(C)c(O)c3C(=O)C2O)cc1. The zero-order valence-corrected chi connectivity index (χ0v) is 12.6. The monoisotopic (exact) mass is 316 g/mol. The van der Waals surface area contributed by atoms with Gasteiger partial charge in [-0.1, -0.05) is 12.1 Å². The van der Waals surface area contributed by atoms with E-state index in [4.69, 9.17) is 9.47 Å². The highest BCUT2D eigenvalue weighted by molar-refractivity contribution is 6.06. The summed E-state index contributed by atoms with van der Waals surface area (Å²) in [6, 6.07) is 8.01. The Balaban J connectivity index is 2.05. The zero-order chi connectivity index (χ0) is 16.7. The summed E-state index contributed by atoms with van der Waals surface area (Å²) in [5, 5.41) is 30.1. The fourth-order valence-electron chi connectivity index (χ4n) is 2.59. The fourth-order valence-corrected chi connectivity index (χ4v) is 2.59. The van der Waals surface area contributed by atoms with E-state index in [9.17, 15) is 20.1 Å². The number of methoxy groups -OCH3 is 1. The normalized spacial score (nSPS) is 19.9. The van der Waals surface area contributed by atoms with Gasteiger partial charge in [0.2, 0.25) is 5.78 Å². The van der Waals surface area contributed by atoms with E-state index in [1.165, 1.54) is 20.1 Å². The number of ketones is 1. The smallest absolute Gasteiger partial charge is 0.202 e. The summed E-state index contributed by atoms with van der Waals surface area (Å²) >= 11 is 0. The molecule has 0 radical (unpaired) electrons. The number of ether oxygens (including phenoxy) is 2. The second-order valence-electron chi connectivity index (χ2n) is 5.36. The van der Waals surface area contributed by atoms with Crippen LogP contribution in [0.1, 0.15) is 27.6 Å². The molecule has 0 fully saturated rings. The van der Waals surface area contributed by atoms with Gasteiger partial charge in [0.1, 0.15) is 28.6 Å². The molecule has 6 heteroatoms. The minimum absolute atomic E-state index is 0.0433. The number of Topliss-reactive ketones (excluding diaryl/α,β-unsaturated/α-hetero) is 1. The van der Waals surface area contributed by atoms with E-state index in [1.54, 1.807) is 24.3 Å². The van der Waals surface area contributed by atoms with Gasteiger partial charge in [0.15, 0.2) is 12.2 Å². The van der Waals surface area contributed by atoms with Crippen LogP contribution in [0.25, 0.3) is 0 Å². The van der Waals surface area contributed by atoms with Gasteiger partial charge in [-0.15, -0.1) is 0 Å². The highest BCUT2D eigenvalue weighted by Gasteiger charge is 2.39. The summed E-state index contributed by atoms with van der Waals surface area (Å²) in [7, 11) is 1.54. The van der Waals surface area contributed by atoms with Crippen molar-refractivity contribution >= 4 is 5.78 Å². The topological polar surface area (TPSA) is 96.2 Å². The zero-order valence-electron chi connectivity index (χ0n) is 12.6. The van der Waals surface area contributed by atoms with Crippen LogP contribution in [-0.2, 0) is 0 Å². The molecule has 1 heterocycles. The predicted octanol–water partition coefficient (Wildman–Crippen LogP) is 2.09. The first-order chi connectivity index (χ1) is 10.9. The number of hydrogen-bond acceptors (Lipinski definition) is 6. The van der Waals surface area contributed by atoms with Crippen molar-refractivity contribution < 1.29 is 29.6 Å². The van der Waals surface area contributed by atoms with Crippen molar-refractivity contribution in [2.45, 2.75) is 19.1 Å². The minimum Gasteiger partial charge on any atom is -0.507 e. The minimum atomic E-state index is -1.45. The summed E-state index contributed by atoms with van der Waals surface area (Å²) < 4.78 is 10.7. The molecule has 120 valence electrons. The Morgan fingerprint density at radius 1 is 1.17 bits per heavy atom. The van der Waals surface area contributed by atoms with Crippen molar-refractivity contribution in [2.24, 2.45) is 0 Å². The molecule has 0 aliphatic carbocycles. The maximum Gasteiger partial charge on any atom is 0.202 e. The number of hydrogen-bond donors (Lipinski definition) is 3. The van der Waals surface area contributed by atoms with Gasteiger partial charge in [0.05, 0.1) is 7.11 Å². The van der Waals surface area contributed by atoms with Gasteiger partial charge in [-0.3, -0.25) is 4.79 Å². The molecule has 2 aromatic rings. The van der Waals surface area contributed by atoms with Gasteiger partial charge in [0, 0.05) is 11.6 Å². The lowest BCUT2D eigenvalue weighted by Crippen LogP contribution is -2.36. The van der Waals surface area contributed by atoms with Crippen molar-refractivity contribution in [1.29, 1.82) is 0 Å². The van der Waals surface area contributed by atoms with Crippen LogP contribution >= 0.6 is 0 Å². The van der Waals surface area contributed by atoms with E-state index in [-0.39, 0.29) is 28.4 Å². The number of aliphatic hydroxyl groups excluding tert-OH is 1. The van der Waals surface area contributed by atoms with Crippen LogP contribution < -0.4 is 9.47 Å². The molecule has 2 atom stereocenters. The standard InChI is InChI=1S/C17H16O6/c1-8-11(18)7-12-13(14(8)19)15(20)16(21)17(23-12)9-3-5-10(22-2)6-4-9/h3-7,16-19,21H,1-2H3. The second-order valence-corrected chi connectivity index (χ2v) is 5.36. The summed E-state index contributed by atoms with van der Waals surface area (Å²) in [6.45, 7) is 1.47. The number of phenols is 2. The molecule has 3 rings (SSSR count). The first-order valence-electron chi connectivity index (χ1n) is 7.02. The Labute approximate surface area is 132 Å². The quantitative estimate of drug-likeness (QED) is 0.785. The van der Waals surface area contributed by atoms with Gasteiger partial charge in [-0.25, -0.2) is 0 Å². The molecule has 1 aliphatic heterocycles. The van der Waals surface area contributed by atoms with Gasteiger partial charge in [-0.2, -0.15) is 0 Å². The third-order valence-electron chi connectivity index (χ3n) is 3.99. The Morgan fingerprint density at radius 3 is 2.43 bits per heavy atom. The fraction of sp³-hybridized carbons (Fsp3) is 0.235. The van der Waals surface area contributed by atoms with E-state index in [1.807, 2.05) is 0 Å². The van der Waals surface area contributed by atoms with Crippen LogP contribution in [0.5, 0.6) is 23.0 Å². The molecule has 3 N–H and O–H groups in total. The average Bonchev–Trinajstić information content (AvgIpc) is 2.56. The lowest BCUT2D eigenvalue weighted by atomic mass is 9.91. The number of fused-ring (bicyclic) bond motifs is 1. The molecular weight excluding hydrogens is 300 g/mol. The molecular formula is C17H16O6. The van der Waals surface area contributed by atoms with Crippen molar-refractivity contribution in [2.75, 3.05) is 7.11 Å². The van der Waals surface area contributed by atoms with Crippen molar-refractivity contribution in [1.82, 2.24) is 0 Å². The van der Waals surface area contributed by atoms with E-state index in [0.29, 0.717) is 11.3 Å². The number of aliphatic hydroxyl groups is 1. The second kappa shape index (κ2) is 5.48. The Bertz CT molecular complexity index is 766. The van der Waals surface area contributed by atoms with Crippen molar-refractivity contribution in [3.8, 4) is 23.0 Å². The molecule has 0 bridgehead atoms. The number of phenolic OH excluding ortho intramolecular Hbond substituents is 2. The predicted molar refractivity (Wildman–Crippen MR) is 81.2 cm³/mol. The average molecular weight is 316 g/mol. The Kier molecular flexibility index (Phi) is 3.61. The summed E-state index contributed by atoms with van der Waals surface area (Å²) in [5.41, 5.74) is 0.630. The van der Waals surface area contributed by atoms with Crippen LogP contribution in [-0.4, -0.2) is 34.3 Å². The Hall–Kier alpha value is -2.73. The van der Waals surface area contributed by atoms with Gasteiger partial charge in [0.25, 0.3) is 0 Å². The molecule has 6 nitrogen and oxygen atoms in total. The van der Waals surface area contributed by atoms with Crippen LogP contribution in [0.15, 0.2) is 30.3 Å². The number of benzene rings is 2. The Morgan fingerprint density at radius 2 is 1.83 bits per heavy atom. The van der Waals surface area contributed by atoms with Gasteiger partial charge >= 0.3 is 0 Å². The number of carbonyl (C=O) groups is 1. The van der Waals surface area contributed by atoms with E-state index >= 15 is 0 Å². The highest BCUT2D eigenvalue weighted by Crippen LogP contribution is 2.44. The van der Waals surface area contributed by atoms with Gasteiger partial charge < -0.3 is 24.8 Å². The number of carbonyl (C=O) groups excluding carboxylic acids is 1. The molecule has 0 saturated carbocycles. The highest BCUT2D eigenvalue weighted by atomic mass is 16.5. The maximum absolute atomic E-state index is 12.4. The molecule has 0 amide bonds. The van der Waals surface area contributed by atoms with Crippen molar-refractivity contribution in [3.63, 3.8) is 0 Å². The van der Waals surface area contributed by atoms with E-state index < -0.39 is 18.0 Å². The largest absolute Gasteiger partial charge is 0.507 e. The lowest BCUT2D eigenvalue weighted by Gasteiger charge is -2.30. The summed E-state index contributed by atoms with van der Waals surface area (Å²) in [5.74, 6) is -0.526. The summed E-state index contributed by atoms with van der Waals surface area (Å²) in [6.07, 6.45) is -2.38. The van der Waals surface area contributed by atoms with Crippen molar-refractivity contribution in [3.05, 3.63) is 47.0 Å². The third kappa shape index (κ3) is 2.37. The first-order valence-corrected chi connectivity index (χ1v) is 7.02. The molecule has 2 unspecified atom stereocenters. The molecule has 0 spiro atoms. The van der Waals surface area contributed by atoms with E-state index in [0.717, 1.165) is 0 Å². The molecule has 1 aliphatic rings. The molecule has 2 aromatic carbocycles. The molecule has 23 heavy (non-hydrogen) atoms. The molecule has 0 aromatic heterocycles. The van der Waals surface area contributed by atoms with Crippen LogP contribution in [0, 0.1) is 6.92 Å². The number of rotatable bonds is 2. The maximum atomic E-state index is 12.4. The van der Waals surface area contributed by atoms with Gasteiger partial charge in [-0.05, 0) is 24.6 Å². The number of aromatic hydroxyl groups is 2. The lowest BCUT2D eigenvalue weighted by molar-refractivity contribution is 0.0210. The van der Waals surface area contributed by atoms with Crippen LogP contribution in [0.2, 0.25) is 0 Å². The van der Waals surface area contributed by atoms with Crippen LogP contribution in [0.4, 0.5) is 0 Å². The molecule has 0 saturated heterocycles. The summed E-state index contributed by atoms with van der Waals surface area (Å²) in [4.78, 5) is 12.4. The first kappa shape index (κ1) is 15.2. The van der Waals surface area contributed by atoms with Crippen LogP contribution in [0.3, 0.4) is 0 Å². The third-order valence-corrected chi connectivity index (χ3v) is 3.99.